The van der Waals surface area contributed by atoms with E-state index in [-0.39, 0.29) is 22.6 Å². The van der Waals surface area contributed by atoms with Gasteiger partial charge in [-0.2, -0.15) is 9.41 Å². The van der Waals surface area contributed by atoms with Gasteiger partial charge in [-0.15, -0.1) is 0 Å². The van der Waals surface area contributed by atoms with E-state index in [0.717, 1.165) is 22.7 Å². The molecule has 0 aromatic heterocycles. The van der Waals surface area contributed by atoms with Crippen LogP contribution >= 0.6 is 0 Å². The van der Waals surface area contributed by atoms with Gasteiger partial charge < -0.3 is 4.74 Å². The minimum Gasteiger partial charge on any atom is -0.494 e. The molecule has 0 spiro atoms. The van der Waals surface area contributed by atoms with Crippen molar-refractivity contribution in [2.24, 2.45) is 22.0 Å². The average Bonchev–Trinajstić information content (AvgIpc) is 3.44. The summed E-state index contributed by atoms with van der Waals surface area (Å²) in [5.41, 5.74) is 6.16. The average molecular weight is 509 g/mol. The van der Waals surface area contributed by atoms with Crippen molar-refractivity contribution in [2.45, 2.75) is 38.0 Å². The Balaban J connectivity index is 1.32. The summed E-state index contributed by atoms with van der Waals surface area (Å²) < 4.78 is 35.4. The number of amides is 1. The number of piperidine rings is 1. The van der Waals surface area contributed by atoms with E-state index in [0.29, 0.717) is 44.7 Å². The summed E-state index contributed by atoms with van der Waals surface area (Å²) in [4.78, 5) is 11.8. The molecule has 1 saturated heterocycles. The van der Waals surface area contributed by atoms with E-state index in [4.69, 9.17) is 9.84 Å². The van der Waals surface area contributed by atoms with Crippen LogP contribution in [0.3, 0.4) is 0 Å². The van der Waals surface area contributed by atoms with Gasteiger partial charge in [0.1, 0.15) is 11.5 Å². The lowest BCUT2D eigenvalue weighted by molar-refractivity contribution is -0.439. The topological polar surface area (TPSA) is 103 Å². The normalized spacial score (nSPS) is 23.3. The van der Waals surface area contributed by atoms with Crippen LogP contribution in [-0.4, -0.2) is 60.6 Å². The number of sulfonamides is 1. The maximum absolute atomic E-state index is 13.2. The van der Waals surface area contributed by atoms with Crippen molar-refractivity contribution < 1.29 is 22.6 Å². The number of para-hydroxylation sites is 1. The number of carbonyl (C=O) groups excluding carboxylic acids is 1. The quantitative estimate of drug-likeness (QED) is 0.581. The monoisotopic (exact) mass is 508 g/mol. The lowest BCUT2D eigenvalue weighted by Crippen LogP contribution is -2.43. The highest BCUT2D eigenvalue weighted by Crippen LogP contribution is 2.31. The number of ether oxygens (including phenoxy) is 1. The summed E-state index contributed by atoms with van der Waals surface area (Å²) in [6.45, 7) is 5.39. The molecular weight excluding hydrogens is 478 g/mol. The van der Waals surface area contributed by atoms with Crippen molar-refractivity contribution in [3.63, 3.8) is 0 Å². The summed E-state index contributed by atoms with van der Waals surface area (Å²) >= 11 is 0. The first-order chi connectivity index (χ1) is 17.3. The van der Waals surface area contributed by atoms with Crippen molar-refractivity contribution in [1.82, 2.24) is 9.73 Å². The predicted molar refractivity (Wildman–Crippen MR) is 137 cm³/mol. The number of rotatable bonds is 7. The van der Waals surface area contributed by atoms with Crippen LogP contribution in [0.2, 0.25) is 0 Å². The van der Waals surface area contributed by atoms with Crippen LogP contribution in [0.25, 0.3) is 0 Å². The molecule has 10 heteroatoms. The number of fused-ring (bicyclic) bond motifs is 1. The largest absolute Gasteiger partial charge is 0.494 e. The molecule has 1 fully saturated rings. The summed E-state index contributed by atoms with van der Waals surface area (Å²) in [5, 5.41) is 8.96. The predicted octanol–water partition coefficient (Wildman–Crippen LogP) is 3.13. The molecule has 2 aromatic rings. The number of hydrogen-bond donors (Lipinski definition) is 1. The van der Waals surface area contributed by atoms with Crippen molar-refractivity contribution in [3.05, 3.63) is 54.1 Å². The number of carbonyl (C=O) groups is 1. The van der Waals surface area contributed by atoms with Crippen LogP contribution in [0.5, 0.6) is 5.75 Å². The van der Waals surface area contributed by atoms with E-state index >= 15 is 0 Å². The van der Waals surface area contributed by atoms with Crippen LogP contribution < -0.4 is 10.2 Å². The lowest BCUT2D eigenvalue weighted by atomic mass is 9.89. The van der Waals surface area contributed by atoms with Crippen molar-refractivity contribution >= 4 is 39.3 Å². The highest BCUT2D eigenvalue weighted by atomic mass is 32.2. The second kappa shape index (κ2) is 9.94. The highest BCUT2D eigenvalue weighted by Gasteiger charge is 2.37. The minimum absolute atomic E-state index is 0.0962. The van der Waals surface area contributed by atoms with Crippen molar-refractivity contribution in [2.75, 3.05) is 19.7 Å². The number of hydrogen-bond acceptors (Lipinski definition) is 6. The molecule has 3 aliphatic heterocycles. The minimum atomic E-state index is -3.58. The van der Waals surface area contributed by atoms with Crippen LogP contribution in [0.4, 0.5) is 5.69 Å². The third kappa shape index (κ3) is 4.83. The Kier molecular flexibility index (Phi) is 6.72. The fourth-order valence-electron chi connectivity index (χ4n) is 4.87. The second-order valence-electron chi connectivity index (χ2n) is 9.32. The zero-order valence-electron chi connectivity index (χ0n) is 20.4. The maximum Gasteiger partial charge on any atom is 0.246 e. The molecular formula is C26H30N5O4S+. The molecule has 188 valence electrons. The first kappa shape index (κ1) is 24.3. The fraction of sp³-hybridized carbons (Fsp3) is 0.385. The zero-order chi connectivity index (χ0) is 25.3. The molecule has 1 amide bonds. The number of nitrogens with zero attached hydrogens (tertiary/aromatic N) is 4. The molecule has 0 bridgehead atoms. The van der Waals surface area contributed by atoms with E-state index in [9.17, 15) is 13.2 Å². The SMILES string of the molecule is CCOc1ccc(S(=O)(=O)N2CCC(/C=[N+]3/N=C(CC4=NNC(=O)C4)c4ccccc43)[C@H](C)C2)cc1. The maximum atomic E-state index is 13.2. The second-order valence-corrected chi connectivity index (χ2v) is 11.3. The molecule has 0 radical (unpaired) electrons. The summed E-state index contributed by atoms with van der Waals surface area (Å²) in [5.74, 6) is 0.844. The molecule has 1 unspecified atom stereocenters. The summed E-state index contributed by atoms with van der Waals surface area (Å²) in [7, 11) is -3.58. The van der Waals surface area contributed by atoms with Gasteiger partial charge in [0.2, 0.25) is 21.6 Å². The molecule has 0 aliphatic carbocycles. The van der Waals surface area contributed by atoms with Crippen LogP contribution in [0.1, 0.15) is 38.7 Å². The molecule has 5 rings (SSSR count). The number of hydrazone groups is 2. The zero-order valence-corrected chi connectivity index (χ0v) is 21.2. The molecule has 0 saturated carbocycles. The van der Waals surface area contributed by atoms with Crippen molar-refractivity contribution in [1.29, 1.82) is 0 Å². The summed E-state index contributed by atoms with van der Waals surface area (Å²) in [6.07, 6.45) is 3.61. The fourth-order valence-corrected chi connectivity index (χ4v) is 6.43. The Morgan fingerprint density at radius 1 is 1.19 bits per heavy atom. The smallest absolute Gasteiger partial charge is 0.246 e. The van der Waals surface area contributed by atoms with Gasteiger partial charge in [0, 0.05) is 36.6 Å². The molecule has 1 N–H and O–H groups in total. The van der Waals surface area contributed by atoms with Crippen LogP contribution in [0.15, 0.2) is 63.6 Å². The Bertz CT molecular complexity index is 1360. The third-order valence-corrected chi connectivity index (χ3v) is 8.68. The van der Waals surface area contributed by atoms with Gasteiger partial charge in [-0.25, -0.2) is 13.8 Å². The van der Waals surface area contributed by atoms with Crippen molar-refractivity contribution in [3.8, 4) is 5.75 Å². The van der Waals surface area contributed by atoms with Gasteiger partial charge in [-0.05, 0) is 49.6 Å². The Hall–Kier alpha value is -3.37. The van der Waals surface area contributed by atoms with E-state index in [1.54, 1.807) is 28.6 Å². The third-order valence-electron chi connectivity index (χ3n) is 6.80. The van der Waals surface area contributed by atoms with Crippen LogP contribution in [0, 0.1) is 11.8 Å². The molecule has 36 heavy (non-hydrogen) atoms. The van der Waals surface area contributed by atoms with Gasteiger partial charge in [0.15, 0.2) is 6.21 Å². The van der Waals surface area contributed by atoms with E-state index in [2.05, 4.69) is 23.7 Å². The van der Waals surface area contributed by atoms with Gasteiger partial charge in [-0.3, -0.25) is 4.79 Å². The molecule has 2 atom stereocenters. The first-order valence-corrected chi connectivity index (χ1v) is 13.7. The first-order valence-electron chi connectivity index (χ1n) is 12.2. The number of nitrogens with one attached hydrogen (secondary N) is 1. The molecule has 9 nitrogen and oxygen atoms in total. The van der Waals surface area contributed by atoms with Crippen LogP contribution in [-0.2, 0) is 14.8 Å². The molecule has 3 heterocycles. The lowest BCUT2D eigenvalue weighted by Gasteiger charge is -2.33. The Labute approximate surface area is 211 Å². The van der Waals surface area contributed by atoms with Gasteiger partial charge >= 0.3 is 0 Å². The van der Waals surface area contributed by atoms with E-state index in [1.807, 2.05) is 35.9 Å². The number of benzene rings is 2. The molecule has 3 aliphatic rings. The summed E-state index contributed by atoms with van der Waals surface area (Å²) in [6, 6.07) is 14.6. The van der Waals surface area contributed by atoms with E-state index < -0.39 is 10.0 Å². The van der Waals surface area contributed by atoms with Gasteiger partial charge in [-0.1, -0.05) is 23.7 Å². The van der Waals surface area contributed by atoms with Gasteiger partial charge in [0.25, 0.3) is 0 Å². The Morgan fingerprint density at radius 3 is 2.67 bits per heavy atom. The standard InChI is InChI=1S/C26H29N5O4S/c1-3-35-21-8-10-22(11-9-21)36(33,34)30-13-12-19(18(2)16-30)17-31-25-7-5-4-6-23(25)24(29-31)14-20-15-26(32)28-27-20/h4-11,17-19H,3,12-16H2,1-2H3/p+1/b31-17+/t18-,19?/m1/s1. The highest BCUT2D eigenvalue weighted by molar-refractivity contribution is 7.89. The Morgan fingerprint density at radius 2 is 1.97 bits per heavy atom. The molecule has 2 aromatic carbocycles. The van der Waals surface area contributed by atoms with Gasteiger partial charge in [0.05, 0.1) is 29.2 Å². The van der Waals surface area contributed by atoms with E-state index in [1.165, 1.54) is 0 Å².